The second-order valence-corrected chi connectivity index (χ2v) is 2.71. The zero-order valence-electron chi connectivity index (χ0n) is 7.08. The Balaban J connectivity index is 0.000000281. The molecular weight excluding hydrogens is 136 g/mol. The van der Waals surface area contributed by atoms with E-state index in [4.69, 9.17) is 0 Å². The Kier molecular flexibility index (Phi) is 2.64. The van der Waals surface area contributed by atoms with Gasteiger partial charge in [0.05, 0.1) is 0 Å². The molecule has 1 fully saturated rings. The SMILES string of the molecule is CC.O=CC1=CC2CC2C=C1. The summed E-state index contributed by atoms with van der Waals surface area (Å²) < 4.78 is 0. The van der Waals surface area contributed by atoms with E-state index < -0.39 is 0 Å². The molecule has 1 heteroatoms. The molecule has 0 aromatic heterocycles. The van der Waals surface area contributed by atoms with Crippen LogP contribution >= 0.6 is 0 Å². The van der Waals surface area contributed by atoms with E-state index >= 15 is 0 Å². The van der Waals surface area contributed by atoms with Gasteiger partial charge in [0.1, 0.15) is 6.29 Å². The first-order valence-electron chi connectivity index (χ1n) is 4.25. The molecule has 0 aliphatic heterocycles. The highest BCUT2D eigenvalue weighted by Crippen LogP contribution is 2.43. The lowest BCUT2D eigenvalue weighted by Crippen LogP contribution is -1.87. The summed E-state index contributed by atoms with van der Waals surface area (Å²) in [7, 11) is 0. The highest BCUT2D eigenvalue weighted by atomic mass is 16.1. The average Bonchev–Trinajstić information content (AvgIpc) is 2.85. The number of allylic oxidation sites excluding steroid dienone is 4. The first kappa shape index (κ1) is 8.25. The van der Waals surface area contributed by atoms with Gasteiger partial charge in [-0.05, 0) is 18.3 Å². The molecule has 2 aliphatic carbocycles. The number of carbonyl (C=O) groups is 1. The molecule has 11 heavy (non-hydrogen) atoms. The van der Waals surface area contributed by atoms with Crippen molar-refractivity contribution in [1.82, 2.24) is 0 Å². The third kappa shape index (κ3) is 1.79. The normalized spacial score (nSPS) is 30.9. The number of fused-ring (bicyclic) bond motifs is 1. The van der Waals surface area contributed by atoms with Crippen molar-refractivity contribution in [2.24, 2.45) is 11.8 Å². The van der Waals surface area contributed by atoms with Gasteiger partial charge in [-0.2, -0.15) is 0 Å². The van der Waals surface area contributed by atoms with E-state index in [1.807, 2.05) is 19.9 Å². The lowest BCUT2D eigenvalue weighted by molar-refractivity contribution is -0.104. The lowest BCUT2D eigenvalue weighted by atomic mass is 10.1. The quantitative estimate of drug-likeness (QED) is 0.524. The third-order valence-electron chi connectivity index (χ3n) is 1.97. The molecule has 2 atom stereocenters. The highest BCUT2D eigenvalue weighted by molar-refractivity contribution is 5.78. The maximum Gasteiger partial charge on any atom is 0.149 e. The smallest absolute Gasteiger partial charge is 0.149 e. The molecule has 0 aromatic carbocycles. The minimum Gasteiger partial charge on any atom is -0.298 e. The van der Waals surface area contributed by atoms with Crippen molar-refractivity contribution in [2.75, 3.05) is 0 Å². The predicted molar refractivity (Wildman–Crippen MR) is 46.2 cm³/mol. The van der Waals surface area contributed by atoms with E-state index in [0.29, 0.717) is 5.92 Å². The third-order valence-corrected chi connectivity index (χ3v) is 1.97. The van der Waals surface area contributed by atoms with Crippen LogP contribution in [0.1, 0.15) is 20.3 Å². The molecule has 0 amide bonds. The van der Waals surface area contributed by atoms with E-state index in [2.05, 4.69) is 12.2 Å². The monoisotopic (exact) mass is 150 g/mol. The Morgan fingerprint density at radius 1 is 1.45 bits per heavy atom. The van der Waals surface area contributed by atoms with Gasteiger partial charge in [-0.25, -0.2) is 0 Å². The van der Waals surface area contributed by atoms with Gasteiger partial charge in [-0.15, -0.1) is 0 Å². The van der Waals surface area contributed by atoms with Crippen LogP contribution in [-0.4, -0.2) is 6.29 Å². The Labute approximate surface area is 67.8 Å². The molecule has 0 radical (unpaired) electrons. The standard InChI is InChI=1S/C8H8O.C2H6/c9-5-6-1-2-7-4-8(7)3-6;1-2/h1-3,5,7-8H,4H2;1-2H3. The minimum atomic E-state index is 0.704. The van der Waals surface area contributed by atoms with Gasteiger partial charge in [0.2, 0.25) is 0 Å². The molecule has 0 aromatic rings. The number of carbonyl (C=O) groups excluding carboxylic acids is 1. The fraction of sp³-hybridized carbons (Fsp3) is 0.500. The molecule has 2 rings (SSSR count). The van der Waals surface area contributed by atoms with Crippen molar-refractivity contribution in [1.29, 1.82) is 0 Å². The van der Waals surface area contributed by atoms with Crippen molar-refractivity contribution >= 4 is 6.29 Å². The maximum atomic E-state index is 10.2. The number of hydrogen-bond donors (Lipinski definition) is 0. The summed E-state index contributed by atoms with van der Waals surface area (Å²) in [6, 6.07) is 0. The summed E-state index contributed by atoms with van der Waals surface area (Å²) in [5.41, 5.74) is 0.855. The lowest BCUT2D eigenvalue weighted by Gasteiger charge is -1.95. The van der Waals surface area contributed by atoms with Crippen molar-refractivity contribution in [3.63, 3.8) is 0 Å². The number of aldehydes is 1. The fourth-order valence-corrected chi connectivity index (χ4v) is 1.26. The Morgan fingerprint density at radius 3 is 2.73 bits per heavy atom. The summed E-state index contributed by atoms with van der Waals surface area (Å²) >= 11 is 0. The Morgan fingerprint density at radius 2 is 2.18 bits per heavy atom. The molecule has 2 aliphatic rings. The first-order valence-corrected chi connectivity index (χ1v) is 4.25. The fourth-order valence-electron chi connectivity index (χ4n) is 1.26. The molecule has 0 N–H and O–H groups in total. The van der Waals surface area contributed by atoms with Crippen LogP contribution in [-0.2, 0) is 4.79 Å². The zero-order valence-corrected chi connectivity index (χ0v) is 7.08. The second-order valence-electron chi connectivity index (χ2n) is 2.71. The van der Waals surface area contributed by atoms with Gasteiger partial charge >= 0.3 is 0 Å². The van der Waals surface area contributed by atoms with Crippen LogP contribution in [0, 0.1) is 11.8 Å². The zero-order chi connectivity index (χ0) is 8.27. The largest absolute Gasteiger partial charge is 0.298 e. The number of rotatable bonds is 1. The highest BCUT2D eigenvalue weighted by Gasteiger charge is 2.34. The predicted octanol–water partition coefficient (Wildman–Crippen LogP) is 2.34. The van der Waals surface area contributed by atoms with Crippen molar-refractivity contribution in [3.05, 3.63) is 23.8 Å². The summed E-state index contributed by atoms with van der Waals surface area (Å²) in [5.74, 6) is 1.48. The van der Waals surface area contributed by atoms with Crippen molar-refractivity contribution < 1.29 is 4.79 Å². The topological polar surface area (TPSA) is 17.1 Å². The molecule has 1 saturated carbocycles. The molecular formula is C10H14O. The van der Waals surface area contributed by atoms with E-state index in [-0.39, 0.29) is 0 Å². The van der Waals surface area contributed by atoms with E-state index in [1.165, 1.54) is 6.42 Å². The van der Waals surface area contributed by atoms with Crippen LogP contribution in [0.15, 0.2) is 23.8 Å². The van der Waals surface area contributed by atoms with Gasteiger partial charge < -0.3 is 0 Å². The van der Waals surface area contributed by atoms with Gasteiger partial charge in [0, 0.05) is 5.57 Å². The average molecular weight is 150 g/mol. The van der Waals surface area contributed by atoms with Gasteiger partial charge in [0.25, 0.3) is 0 Å². The molecule has 60 valence electrons. The minimum absolute atomic E-state index is 0.704. The van der Waals surface area contributed by atoms with Crippen LogP contribution in [0.3, 0.4) is 0 Å². The van der Waals surface area contributed by atoms with E-state index in [9.17, 15) is 4.79 Å². The van der Waals surface area contributed by atoms with Crippen molar-refractivity contribution in [3.8, 4) is 0 Å². The van der Waals surface area contributed by atoms with E-state index in [0.717, 1.165) is 17.8 Å². The Bertz CT molecular complexity index is 201. The molecule has 2 unspecified atom stereocenters. The maximum absolute atomic E-state index is 10.2. The molecule has 1 nitrogen and oxygen atoms in total. The van der Waals surface area contributed by atoms with Gasteiger partial charge in [0.15, 0.2) is 0 Å². The van der Waals surface area contributed by atoms with Crippen molar-refractivity contribution in [2.45, 2.75) is 20.3 Å². The van der Waals surface area contributed by atoms with Crippen LogP contribution in [0.25, 0.3) is 0 Å². The first-order chi connectivity index (χ1) is 5.40. The summed E-state index contributed by atoms with van der Waals surface area (Å²) in [5, 5.41) is 0. The molecule has 0 bridgehead atoms. The Hall–Kier alpha value is -0.850. The van der Waals surface area contributed by atoms with Crippen LogP contribution in [0.2, 0.25) is 0 Å². The summed E-state index contributed by atoms with van der Waals surface area (Å²) in [4.78, 5) is 10.2. The summed E-state index contributed by atoms with van der Waals surface area (Å²) in [6.07, 6.45) is 8.30. The second kappa shape index (κ2) is 3.51. The van der Waals surface area contributed by atoms with Gasteiger partial charge in [-0.3, -0.25) is 4.79 Å². The van der Waals surface area contributed by atoms with Crippen LogP contribution in [0.5, 0.6) is 0 Å². The molecule has 0 saturated heterocycles. The van der Waals surface area contributed by atoms with E-state index in [1.54, 1.807) is 0 Å². The van der Waals surface area contributed by atoms with Crippen LogP contribution < -0.4 is 0 Å². The van der Waals surface area contributed by atoms with Crippen LogP contribution in [0.4, 0.5) is 0 Å². The molecule has 0 spiro atoms. The number of hydrogen-bond acceptors (Lipinski definition) is 1. The summed E-state index contributed by atoms with van der Waals surface area (Å²) in [6.45, 7) is 4.00. The van der Waals surface area contributed by atoms with Gasteiger partial charge in [-0.1, -0.05) is 32.1 Å². The molecule has 0 heterocycles.